The summed E-state index contributed by atoms with van der Waals surface area (Å²) in [5.74, 6) is -11.0. The van der Waals surface area contributed by atoms with E-state index in [1.165, 1.54) is 70.7 Å². The van der Waals surface area contributed by atoms with Gasteiger partial charge in [-0.2, -0.15) is 0 Å². The first kappa shape index (κ1) is 65.3. The lowest BCUT2D eigenvalue weighted by atomic mass is 10.1. The average molecular weight is 1260 g/mol. The molecule has 13 N–H and O–H groups in total. The van der Waals surface area contributed by atoms with E-state index in [1.807, 2.05) is 5.32 Å². The summed E-state index contributed by atoms with van der Waals surface area (Å²) in [5, 5.41) is 45.4. The zero-order valence-corrected chi connectivity index (χ0v) is 49.6. The third kappa shape index (κ3) is 15.3. The van der Waals surface area contributed by atoms with Crippen molar-refractivity contribution in [1.29, 1.82) is 0 Å². The number of rotatable bonds is 10. The number of aliphatic hydroxyl groups is 2. The lowest BCUT2D eigenvalue weighted by molar-refractivity contribution is -0.124. The Kier molecular flexibility index (Phi) is 20.2. The molecule has 462 valence electrons. The first-order chi connectivity index (χ1) is 42.0. The molecule has 6 aromatic rings. The molecule has 0 aliphatic carbocycles. The van der Waals surface area contributed by atoms with Crippen molar-refractivity contribution in [3.63, 3.8) is 0 Å². The first-order valence-corrected chi connectivity index (χ1v) is 27.4. The number of oxazole rings is 3. The molecule has 10 bridgehead atoms. The Bertz CT molecular complexity index is 4080. The molecule has 89 heavy (non-hydrogen) atoms. The summed E-state index contributed by atoms with van der Waals surface area (Å²) >= 11 is 1.81. The third-order valence-corrected chi connectivity index (χ3v) is 13.8. The Labute approximate surface area is 510 Å². The fourth-order valence-corrected chi connectivity index (χ4v) is 9.19. The van der Waals surface area contributed by atoms with Gasteiger partial charge in [0.25, 0.3) is 53.2 Å². The molecule has 0 saturated heterocycles. The number of pyridine rings is 1. The summed E-state index contributed by atoms with van der Waals surface area (Å²) in [5.41, 5.74) is 0.606. The van der Waals surface area contributed by atoms with Crippen LogP contribution >= 0.6 is 22.7 Å². The highest BCUT2D eigenvalue weighted by atomic mass is 32.1. The number of thiazole rings is 2. The van der Waals surface area contributed by atoms with Gasteiger partial charge in [-0.15, -0.1) is 22.7 Å². The predicted octanol–water partition coefficient (Wildman–Crippen LogP) is 1.43. The van der Waals surface area contributed by atoms with Crippen LogP contribution in [-0.2, 0) is 28.7 Å². The number of hydrogen-bond acceptors (Lipinski definition) is 24. The lowest BCUT2D eigenvalue weighted by Crippen LogP contribution is -2.52. The van der Waals surface area contributed by atoms with Crippen LogP contribution in [-0.4, -0.2) is 125 Å². The monoisotopic (exact) mass is 1260 g/mol. The molecule has 4 unspecified atom stereocenters. The number of nitrogens with zero attached hydrogens (tertiary/aromatic N) is 6. The van der Waals surface area contributed by atoms with Crippen molar-refractivity contribution < 1.29 is 76.1 Å². The van der Waals surface area contributed by atoms with E-state index in [-0.39, 0.29) is 102 Å². The van der Waals surface area contributed by atoms with Crippen molar-refractivity contribution in [2.75, 3.05) is 7.11 Å². The van der Waals surface area contributed by atoms with E-state index in [0.717, 1.165) is 28.7 Å². The molecular formula is C55H54N16O16S2. The van der Waals surface area contributed by atoms with Gasteiger partial charge in [-0.25, -0.2) is 29.9 Å². The van der Waals surface area contributed by atoms with Crippen LogP contribution in [0.2, 0.25) is 0 Å². The Morgan fingerprint density at radius 1 is 0.652 bits per heavy atom. The Morgan fingerprint density at radius 3 is 1.83 bits per heavy atom. The highest BCUT2D eigenvalue weighted by molar-refractivity contribution is 7.13. The number of amides is 10. The molecule has 34 heteroatoms. The Morgan fingerprint density at radius 2 is 1.21 bits per heavy atom. The van der Waals surface area contributed by atoms with Crippen LogP contribution < -0.4 is 53.6 Å². The molecule has 7 rings (SSSR count). The number of nitrogens with two attached hydrogens (primary N) is 1. The van der Waals surface area contributed by atoms with E-state index in [4.69, 9.17) is 23.7 Å². The number of carbonyl (C=O) groups excluding carboxylic acids is 10. The van der Waals surface area contributed by atoms with Gasteiger partial charge in [0.15, 0.2) is 17.6 Å². The number of aryl methyl sites for hydroxylation is 3. The molecule has 1 aliphatic heterocycles. The minimum atomic E-state index is -1.74. The van der Waals surface area contributed by atoms with Gasteiger partial charge in [0.1, 0.15) is 73.2 Å². The van der Waals surface area contributed by atoms with Gasteiger partial charge in [0, 0.05) is 23.4 Å². The highest BCUT2D eigenvalue weighted by Crippen LogP contribution is 2.35. The molecule has 32 nitrogen and oxygen atoms in total. The summed E-state index contributed by atoms with van der Waals surface area (Å²) in [7, 11) is 1.25. The van der Waals surface area contributed by atoms with Crippen LogP contribution in [0.4, 0.5) is 0 Å². The quantitative estimate of drug-likeness (QED) is 0.0863. The number of ether oxygens (including phenoxy) is 1. The molecule has 0 fully saturated rings. The molecule has 0 radical (unpaired) electrons. The Hall–Kier alpha value is -11.2. The average Bonchev–Trinajstić information content (AvgIpc) is 1.77. The molecule has 10 amide bonds. The van der Waals surface area contributed by atoms with Crippen LogP contribution in [0.1, 0.15) is 119 Å². The fraction of sp³-hybridized carbons (Fsp3) is 0.200. The van der Waals surface area contributed by atoms with Crippen LogP contribution in [0.5, 0.6) is 0 Å². The maximum Gasteiger partial charge on any atom is 0.278 e. The minimum Gasteiger partial charge on any atom is -0.440 e. The second-order valence-electron chi connectivity index (χ2n) is 18.7. The second kappa shape index (κ2) is 27.4. The molecule has 0 spiro atoms. The number of allylic oxidation sites excluding steroid dienone is 1. The number of aromatic nitrogens is 6. The summed E-state index contributed by atoms with van der Waals surface area (Å²) in [4.78, 5) is 159. The number of carbonyl (C=O) groups is 10. The number of hydrogen-bond donors (Lipinski definition) is 12. The van der Waals surface area contributed by atoms with E-state index in [2.05, 4.69) is 105 Å². The maximum absolute atomic E-state index is 14.0. The van der Waals surface area contributed by atoms with E-state index >= 15 is 0 Å². The van der Waals surface area contributed by atoms with Crippen molar-refractivity contribution in [1.82, 2.24) is 77.8 Å². The summed E-state index contributed by atoms with van der Waals surface area (Å²) < 4.78 is 22.9. The van der Waals surface area contributed by atoms with Crippen LogP contribution in [0.25, 0.3) is 39.1 Å². The SMILES string of the molecule is C=C(NC(=O)C(=C)NC(=O)C(=C)NC(=O)c1ccc2c(n1)-c1nc(oc1C)C(=C)NC(=O)C(=C)NC(=O)c1nc(oc1C)C(=CC)NC(=O)c1csc(n1)C(OC)NC(=O)c1nc(oc1C)C(=CC(C)O)NC(=O)C(C(C)O)NC(=O)c1csc-2n1)C(N)=O. The highest BCUT2D eigenvalue weighted by Gasteiger charge is 2.33. The molecule has 0 aromatic carbocycles. The normalized spacial score (nSPS) is 17.0. The molecule has 6 aromatic heterocycles. The van der Waals surface area contributed by atoms with E-state index in [1.54, 1.807) is 6.92 Å². The molecule has 1 aliphatic rings. The predicted molar refractivity (Wildman–Crippen MR) is 313 cm³/mol. The van der Waals surface area contributed by atoms with Gasteiger partial charge < -0.3 is 81.8 Å². The van der Waals surface area contributed by atoms with Crippen molar-refractivity contribution in [3.05, 3.63) is 159 Å². The van der Waals surface area contributed by atoms with Crippen molar-refractivity contribution in [2.24, 2.45) is 5.73 Å². The number of nitrogens with one attached hydrogen (secondary N) is 9. The van der Waals surface area contributed by atoms with Crippen LogP contribution in [0.3, 0.4) is 0 Å². The summed E-state index contributed by atoms with van der Waals surface area (Å²) in [6.07, 6.45) is -1.61. The summed E-state index contributed by atoms with van der Waals surface area (Å²) in [6.45, 7) is 26.0. The molecular weight excluding hydrogens is 1200 g/mol. The molecule has 4 atom stereocenters. The second-order valence-corrected chi connectivity index (χ2v) is 20.5. The third-order valence-electron chi connectivity index (χ3n) is 12.0. The number of primary amides is 1. The van der Waals surface area contributed by atoms with Gasteiger partial charge in [0.2, 0.25) is 23.6 Å². The lowest BCUT2D eigenvalue weighted by Gasteiger charge is -2.21. The Balaban J connectivity index is 1.25. The van der Waals surface area contributed by atoms with Gasteiger partial charge in [0.05, 0.1) is 40.7 Å². The number of fused-ring (bicyclic) bond motifs is 13. The zero-order valence-electron chi connectivity index (χ0n) is 48.0. The fourth-order valence-electron chi connectivity index (χ4n) is 7.55. The van der Waals surface area contributed by atoms with Crippen LogP contribution in [0.15, 0.2) is 104 Å². The maximum atomic E-state index is 14.0. The van der Waals surface area contributed by atoms with Crippen LogP contribution in [0, 0.1) is 20.8 Å². The largest absolute Gasteiger partial charge is 0.440 e. The van der Waals surface area contributed by atoms with E-state index in [0.29, 0.717) is 0 Å². The number of aliphatic hydroxyl groups excluding tert-OH is 2. The molecule has 0 saturated carbocycles. The van der Waals surface area contributed by atoms with Crippen molar-refractivity contribution >= 4 is 98.8 Å². The minimum absolute atomic E-state index is 0.00301. The first-order valence-electron chi connectivity index (χ1n) is 25.7. The molecule has 7 heterocycles. The van der Waals surface area contributed by atoms with Gasteiger partial charge in [-0.1, -0.05) is 39.0 Å². The van der Waals surface area contributed by atoms with Crippen molar-refractivity contribution in [3.8, 4) is 22.0 Å². The van der Waals surface area contributed by atoms with E-state index < -0.39 is 112 Å². The topological polar surface area (TPSA) is 471 Å². The number of methoxy groups -OCH3 is 1. The van der Waals surface area contributed by atoms with Gasteiger partial charge >= 0.3 is 0 Å². The summed E-state index contributed by atoms with van der Waals surface area (Å²) in [6, 6.07) is 0.792. The smallest absolute Gasteiger partial charge is 0.278 e. The van der Waals surface area contributed by atoms with E-state index in [9.17, 15) is 58.2 Å². The van der Waals surface area contributed by atoms with Gasteiger partial charge in [-0.3, -0.25) is 47.9 Å². The van der Waals surface area contributed by atoms with Gasteiger partial charge in [-0.05, 0) is 59.8 Å². The zero-order chi connectivity index (χ0) is 65.5. The standard InChI is InChI=1S/C55H54N16O16S2/c1-13-30-51-69-37(27(10)86-51)48(82)60-23(6)43(77)61-24(7)50-68-36(26(9)85-50)39-29(14-15-31(62-39)44(78)59-22(5)42(76)58-21(4)41(75)57-20(3)40(56)74)54-65-34(17-88-54)46(80)67-35(25(8)73)47(81)64-32(16-19(2)72)52-70-38(28(11)87-52)49(83)71-53(84-12)55-66-33(18-89-55)45(79)63-30/h13-19,25,35,53,72-73H,3-7H2,1-2,8-12H3,(H2,56,74)(H,57,75)(H,58,76)(H,59,78)(H,60,82)(H,61,77)(H,63,79)(H,64,81)(H,67,80)(H,71,83). The van der Waals surface area contributed by atoms with Crippen molar-refractivity contribution in [2.45, 2.75) is 66.0 Å².